The van der Waals surface area contributed by atoms with E-state index in [2.05, 4.69) is 0 Å². The predicted octanol–water partition coefficient (Wildman–Crippen LogP) is 0.356. The monoisotopic (exact) mass is 342 g/mol. The molecule has 0 aromatic heterocycles. The number of halogens is 1. The molecular formula is C14H15FN2O5S. The standard InChI is InChI=1S/C14H15FN2O5S/c1-22-11-3-2-9(15)6-12(11)23(20,21)16-7-10(8-16)17-13(18)4-5-14(17)19/h2-3,6,10H,4-5,7-8H2,1H3. The van der Waals surface area contributed by atoms with Crippen LogP contribution in [0.4, 0.5) is 4.39 Å². The predicted molar refractivity (Wildman–Crippen MR) is 76.6 cm³/mol. The number of benzene rings is 1. The molecule has 7 nitrogen and oxygen atoms in total. The van der Waals surface area contributed by atoms with Crippen LogP contribution in [-0.4, -0.2) is 55.7 Å². The molecule has 1 aromatic rings. The Morgan fingerprint density at radius 1 is 1.17 bits per heavy atom. The van der Waals surface area contributed by atoms with Gasteiger partial charge in [0.15, 0.2) is 0 Å². The first-order valence-corrected chi connectivity index (χ1v) is 8.47. The molecule has 1 aromatic carbocycles. The Morgan fingerprint density at radius 3 is 2.35 bits per heavy atom. The fraction of sp³-hybridized carbons (Fsp3) is 0.429. The van der Waals surface area contributed by atoms with Gasteiger partial charge in [-0.05, 0) is 18.2 Å². The largest absolute Gasteiger partial charge is 0.495 e. The molecule has 3 rings (SSSR count). The molecule has 2 saturated heterocycles. The Morgan fingerprint density at radius 2 is 1.78 bits per heavy atom. The van der Waals surface area contributed by atoms with E-state index >= 15 is 0 Å². The van der Waals surface area contributed by atoms with Gasteiger partial charge >= 0.3 is 0 Å². The number of sulfonamides is 1. The zero-order valence-electron chi connectivity index (χ0n) is 12.4. The number of ether oxygens (including phenoxy) is 1. The van der Waals surface area contributed by atoms with E-state index in [1.54, 1.807) is 0 Å². The molecule has 0 unspecified atom stereocenters. The van der Waals surface area contributed by atoms with Gasteiger partial charge in [-0.15, -0.1) is 0 Å². The van der Waals surface area contributed by atoms with Gasteiger partial charge in [0.1, 0.15) is 16.5 Å². The highest BCUT2D eigenvalue weighted by atomic mass is 32.2. The minimum atomic E-state index is -3.95. The highest BCUT2D eigenvalue weighted by Crippen LogP contribution is 2.32. The molecular weight excluding hydrogens is 327 g/mol. The van der Waals surface area contributed by atoms with Crippen LogP contribution in [0.1, 0.15) is 12.8 Å². The lowest BCUT2D eigenvalue weighted by Gasteiger charge is -2.41. The molecule has 2 amide bonds. The van der Waals surface area contributed by atoms with E-state index < -0.39 is 21.9 Å². The van der Waals surface area contributed by atoms with Crippen molar-refractivity contribution >= 4 is 21.8 Å². The van der Waals surface area contributed by atoms with Gasteiger partial charge in [-0.25, -0.2) is 12.8 Å². The number of rotatable bonds is 4. The molecule has 2 aliphatic rings. The smallest absolute Gasteiger partial charge is 0.247 e. The van der Waals surface area contributed by atoms with Crippen LogP contribution in [0.5, 0.6) is 5.75 Å². The molecule has 0 saturated carbocycles. The van der Waals surface area contributed by atoms with Crippen molar-refractivity contribution in [2.45, 2.75) is 23.8 Å². The third kappa shape index (κ3) is 2.59. The molecule has 2 heterocycles. The van der Waals surface area contributed by atoms with Crippen molar-refractivity contribution in [1.29, 1.82) is 0 Å². The second-order valence-corrected chi connectivity index (χ2v) is 7.33. The molecule has 2 fully saturated rings. The number of imide groups is 1. The summed E-state index contributed by atoms with van der Waals surface area (Å²) < 4.78 is 44.6. The van der Waals surface area contributed by atoms with Gasteiger partial charge in [-0.3, -0.25) is 14.5 Å². The molecule has 0 aliphatic carbocycles. The molecule has 0 radical (unpaired) electrons. The first kappa shape index (κ1) is 15.9. The first-order valence-electron chi connectivity index (χ1n) is 7.03. The zero-order valence-corrected chi connectivity index (χ0v) is 13.2. The Hall–Kier alpha value is -2.00. The van der Waals surface area contributed by atoms with E-state index in [0.717, 1.165) is 21.3 Å². The minimum Gasteiger partial charge on any atom is -0.495 e. The number of nitrogens with zero attached hydrogens (tertiary/aromatic N) is 2. The van der Waals surface area contributed by atoms with Crippen molar-refractivity contribution < 1.29 is 27.1 Å². The number of likely N-dealkylation sites (tertiary alicyclic amines) is 1. The average Bonchev–Trinajstić information content (AvgIpc) is 2.78. The number of amides is 2. The molecule has 0 N–H and O–H groups in total. The molecule has 124 valence electrons. The fourth-order valence-electron chi connectivity index (χ4n) is 2.77. The van der Waals surface area contributed by atoms with E-state index in [0.29, 0.717) is 0 Å². The first-order chi connectivity index (χ1) is 10.8. The van der Waals surface area contributed by atoms with Crippen LogP contribution in [0.15, 0.2) is 23.1 Å². The van der Waals surface area contributed by atoms with Crippen LogP contribution in [0.2, 0.25) is 0 Å². The van der Waals surface area contributed by atoms with Crippen LogP contribution >= 0.6 is 0 Å². The Labute approximate surface area is 132 Å². The fourth-order valence-corrected chi connectivity index (χ4v) is 4.45. The summed E-state index contributed by atoms with van der Waals surface area (Å²) in [6.45, 7) is 0.0267. The summed E-state index contributed by atoms with van der Waals surface area (Å²) in [7, 11) is -2.65. The van der Waals surface area contributed by atoms with Crippen molar-refractivity contribution in [2.24, 2.45) is 0 Å². The van der Waals surface area contributed by atoms with Crippen molar-refractivity contribution in [3.8, 4) is 5.75 Å². The zero-order chi connectivity index (χ0) is 16.8. The van der Waals surface area contributed by atoms with Crippen molar-refractivity contribution in [1.82, 2.24) is 9.21 Å². The SMILES string of the molecule is COc1ccc(F)cc1S(=O)(=O)N1CC(N2C(=O)CCC2=O)C1. The summed E-state index contributed by atoms with van der Waals surface area (Å²) in [5, 5.41) is 0. The second-order valence-electron chi connectivity index (χ2n) is 5.43. The number of carbonyl (C=O) groups is 2. The van der Waals surface area contributed by atoms with E-state index in [9.17, 15) is 22.4 Å². The Bertz CT molecular complexity index is 757. The van der Waals surface area contributed by atoms with E-state index in [1.807, 2.05) is 0 Å². The van der Waals surface area contributed by atoms with Gasteiger partial charge in [-0.2, -0.15) is 4.31 Å². The Balaban J connectivity index is 1.80. The van der Waals surface area contributed by atoms with Crippen LogP contribution < -0.4 is 4.74 Å². The summed E-state index contributed by atoms with van der Waals surface area (Å²) in [6.07, 6.45) is 0.333. The average molecular weight is 342 g/mol. The summed E-state index contributed by atoms with van der Waals surface area (Å²) in [5.74, 6) is -1.20. The van der Waals surface area contributed by atoms with Crippen molar-refractivity contribution in [2.75, 3.05) is 20.2 Å². The maximum atomic E-state index is 13.4. The quantitative estimate of drug-likeness (QED) is 0.738. The van der Waals surface area contributed by atoms with E-state index in [1.165, 1.54) is 13.2 Å². The van der Waals surface area contributed by atoms with Gasteiger partial charge in [0.05, 0.1) is 13.2 Å². The maximum absolute atomic E-state index is 13.4. The second kappa shape index (κ2) is 5.57. The summed E-state index contributed by atoms with van der Waals surface area (Å²) in [6, 6.07) is 2.80. The maximum Gasteiger partial charge on any atom is 0.247 e. The summed E-state index contributed by atoms with van der Waals surface area (Å²) >= 11 is 0. The molecule has 23 heavy (non-hydrogen) atoms. The van der Waals surface area contributed by atoms with Gasteiger partial charge in [0.25, 0.3) is 0 Å². The summed E-state index contributed by atoms with van der Waals surface area (Å²) in [5.41, 5.74) is 0. The van der Waals surface area contributed by atoms with Crippen LogP contribution in [-0.2, 0) is 19.6 Å². The lowest BCUT2D eigenvalue weighted by atomic mass is 10.1. The Kier molecular flexibility index (Phi) is 3.85. The highest BCUT2D eigenvalue weighted by molar-refractivity contribution is 7.89. The number of hydrogen-bond donors (Lipinski definition) is 0. The van der Waals surface area contributed by atoms with E-state index in [-0.39, 0.29) is 48.4 Å². The van der Waals surface area contributed by atoms with Crippen LogP contribution in [0.3, 0.4) is 0 Å². The van der Waals surface area contributed by atoms with Crippen LogP contribution in [0, 0.1) is 5.82 Å². The van der Waals surface area contributed by atoms with Gasteiger partial charge < -0.3 is 4.74 Å². The van der Waals surface area contributed by atoms with Crippen LogP contribution in [0.25, 0.3) is 0 Å². The highest BCUT2D eigenvalue weighted by Gasteiger charge is 2.46. The summed E-state index contributed by atoms with van der Waals surface area (Å²) in [4.78, 5) is 24.2. The minimum absolute atomic E-state index is 0.0134. The molecule has 0 atom stereocenters. The normalized spacial score (nSPS) is 20.0. The topological polar surface area (TPSA) is 84.0 Å². The van der Waals surface area contributed by atoms with Gasteiger partial charge in [0.2, 0.25) is 21.8 Å². The number of hydrogen-bond acceptors (Lipinski definition) is 5. The van der Waals surface area contributed by atoms with Gasteiger partial charge in [0, 0.05) is 25.9 Å². The van der Waals surface area contributed by atoms with Gasteiger partial charge in [-0.1, -0.05) is 0 Å². The molecule has 0 spiro atoms. The van der Waals surface area contributed by atoms with Crippen molar-refractivity contribution in [3.63, 3.8) is 0 Å². The number of methoxy groups -OCH3 is 1. The number of carbonyl (C=O) groups excluding carboxylic acids is 2. The van der Waals surface area contributed by atoms with Crippen molar-refractivity contribution in [3.05, 3.63) is 24.0 Å². The lowest BCUT2D eigenvalue weighted by Crippen LogP contribution is -2.62. The third-order valence-electron chi connectivity index (χ3n) is 4.03. The molecule has 0 bridgehead atoms. The molecule has 2 aliphatic heterocycles. The lowest BCUT2D eigenvalue weighted by molar-refractivity contribution is -0.143. The molecule has 9 heteroatoms. The van der Waals surface area contributed by atoms with E-state index in [4.69, 9.17) is 4.74 Å². The third-order valence-corrected chi connectivity index (χ3v) is 5.88.